The molecule has 2 aromatic carbocycles. The van der Waals surface area contributed by atoms with Crippen LogP contribution in [-0.4, -0.2) is 9.97 Å². The van der Waals surface area contributed by atoms with Gasteiger partial charge < -0.3 is 5.73 Å². The van der Waals surface area contributed by atoms with Crippen molar-refractivity contribution in [1.82, 2.24) is 9.97 Å². The molecule has 0 aliphatic heterocycles. The van der Waals surface area contributed by atoms with E-state index in [2.05, 4.69) is 9.97 Å². The van der Waals surface area contributed by atoms with E-state index in [0.717, 1.165) is 6.07 Å². The molecule has 0 radical (unpaired) electrons. The molecule has 0 unspecified atom stereocenters. The predicted octanol–water partition coefficient (Wildman–Crippen LogP) is 4.36. The molecular formula is C17H14F3N3. The highest BCUT2D eigenvalue weighted by Crippen LogP contribution is 2.32. The van der Waals surface area contributed by atoms with Crippen molar-refractivity contribution < 1.29 is 13.2 Å². The highest BCUT2D eigenvalue weighted by Gasteiger charge is 2.23. The number of halogens is 3. The molecule has 23 heavy (non-hydrogen) atoms. The molecule has 0 amide bonds. The molecule has 0 fully saturated rings. The molecule has 0 saturated carbocycles. The Hall–Kier alpha value is -2.63. The number of aromatic nitrogens is 2. The Morgan fingerprint density at radius 2 is 1.70 bits per heavy atom. The molecule has 0 aliphatic carbocycles. The molecule has 6 heteroatoms. The van der Waals surface area contributed by atoms with Gasteiger partial charge in [0.05, 0.1) is 11.4 Å². The smallest absolute Gasteiger partial charge is 0.220 e. The fraction of sp³-hybridized carbons (Fsp3) is 0.176. The van der Waals surface area contributed by atoms with Crippen LogP contribution in [0.4, 0.5) is 19.1 Å². The number of nitrogen functional groups attached to an aromatic ring is 1. The first-order chi connectivity index (χ1) is 10.8. The van der Waals surface area contributed by atoms with Gasteiger partial charge in [-0.1, -0.05) is 6.07 Å². The van der Waals surface area contributed by atoms with Crippen LogP contribution in [0.15, 0.2) is 36.4 Å². The van der Waals surface area contributed by atoms with Gasteiger partial charge in [-0.2, -0.15) is 0 Å². The topological polar surface area (TPSA) is 51.8 Å². The van der Waals surface area contributed by atoms with E-state index in [0.29, 0.717) is 16.6 Å². The summed E-state index contributed by atoms with van der Waals surface area (Å²) in [6, 6.07) is 7.99. The lowest BCUT2D eigenvalue weighted by Gasteiger charge is -2.15. The van der Waals surface area contributed by atoms with Crippen molar-refractivity contribution in [3.63, 3.8) is 0 Å². The summed E-state index contributed by atoms with van der Waals surface area (Å²) < 4.78 is 41.5. The Bertz CT molecular complexity index is 901. The molecule has 0 spiro atoms. The van der Waals surface area contributed by atoms with Gasteiger partial charge in [0.2, 0.25) is 5.95 Å². The van der Waals surface area contributed by atoms with E-state index in [-0.39, 0.29) is 17.0 Å². The number of hydrogen-bond acceptors (Lipinski definition) is 3. The number of rotatable bonds is 2. The van der Waals surface area contributed by atoms with Gasteiger partial charge >= 0.3 is 0 Å². The zero-order chi connectivity index (χ0) is 16.8. The van der Waals surface area contributed by atoms with Crippen LogP contribution in [0.5, 0.6) is 0 Å². The lowest BCUT2D eigenvalue weighted by Crippen LogP contribution is -2.14. The van der Waals surface area contributed by atoms with Gasteiger partial charge in [-0.25, -0.2) is 23.1 Å². The Morgan fingerprint density at radius 1 is 0.957 bits per heavy atom. The SMILES string of the molecule is CC(C)(F)c1cc(-c2ccc(F)c3cc(F)ccc23)nc(N)n1. The summed E-state index contributed by atoms with van der Waals surface area (Å²) >= 11 is 0. The van der Waals surface area contributed by atoms with Crippen molar-refractivity contribution in [2.75, 3.05) is 5.73 Å². The van der Waals surface area contributed by atoms with Crippen LogP contribution >= 0.6 is 0 Å². The maximum atomic E-state index is 14.2. The minimum atomic E-state index is -1.70. The molecule has 3 aromatic rings. The minimum Gasteiger partial charge on any atom is -0.368 e. The van der Waals surface area contributed by atoms with Crippen LogP contribution in [-0.2, 0) is 5.67 Å². The summed E-state index contributed by atoms with van der Waals surface area (Å²) in [5.41, 5.74) is 4.98. The van der Waals surface area contributed by atoms with Crippen molar-refractivity contribution in [1.29, 1.82) is 0 Å². The molecule has 1 aromatic heterocycles. The zero-order valence-corrected chi connectivity index (χ0v) is 12.6. The second-order valence-electron chi connectivity index (χ2n) is 5.75. The number of alkyl halides is 1. The van der Waals surface area contributed by atoms with Crippen LogP contribution < -0.4 is 5.73 Å². The monoisotopic (exact) mass is 317 g/mol. The van der Waals surface area contributed by atoms with E-state index in [9.17, 15) is 13.2 Å². The molecule has 3 nitrogen and oxygen atoms in total. The lowest BCUT2D eigenvalue weighted by atomic mass is 9.99. The fourth-order valence-corrected chi connectivity index (χ4v) is 2.42. The molecule has 0 aliphatic rings. The average molecular weight is 317 g/mol. The number of hydrogen-bond donors (Lipinski definition) is 1. The van der Waals surface area contributed by atoms with E-state index < -0.39 is 17.3 Å². The summed E-state index contributed by atoms with van der Waals surface area (Å²) in [5, 5.41) is 0.591. The average Bonchev–Trinajstić information content (AvgIpc) is 2.46. The Balaban J connectivity index is 2.29. The zero-order valence-electron chi connectivity index (χ0n) is 12.6. The summed E-state index contributed by atoms with van der Waals surface area (Å²) in [7, 11) is 0. The number of fused-ring (bicyclic) bond motifs is 1. The molecule has 2 N–H and O–H groups in total. The van der Waals surface area contributed by atoms with Gasteiger partial charge in [-0.05, 0) is 49.6 Å². The van der Waals surface area contributed by atoms with Gasteiger partial charge in [0.25, 0.3) is 0 Å². The van der Waals surface area contributed by atoms with Crippen molar-refractivity contribution >= 4 is 16.7 Å². The second-order valence-corrected chi connectivity index (χ2v) is 5.75. The maximum absolute atomic E-state index is 14.2. The van der Waals surface area contributed by atoms with Gasteiger partial charge in [-0.15, -0.1) is 0 Å². The Labute approximate surface area is 131 Å². The van der Waals surface area contributed by atoms with Crippen LogP contribution in [0.2, 0.25) is 0 Å². The van der Waals surface area contributed by atoms with Crippen molar-refractivity contribution in [2.24, 2.45) is 0 Å². The van der Waals surface area contributed by atoms with Gasteiger partial charge in [0.1, 0.15) is 17.3 Å². The standard InChI is InChI=1S/C17H14F3N3/c1-17(2,20)15-8-14(22-16(21)23-15)11-5-6-13(19)12-7-9(18)3-4-10(11)12/h3-8H,1-2H3,(H2,21,22,23). The third kappa shape index (κ3) is 2.84. The first-order valence-corrected chi connectivity index (χ1v) is 6.98. The quantitative estimate of drug-likeness (QED) is 0.764. The van der Waals surface area contributed by atoms with Gasteiger partial charge in [0.15, 0.2) is 0 Å². The van der Waals surface area contributed by atoms with E-state index in [1.54, 1.807) is 0 Å². The first-order valence-electron chi connectivity index (χ1n) is 6.98. The largest absolute Gasteiger partial charge is 0.368 e. The maximum Gasteiger partial charge on any atom is 0.220 e. The van der Waals surface area contributed by atoms with E-state index in [4.69, 9.17) is 5.73 Å². The van der Waals surface area contributed by atoms with Crippen molar-refractivity contribution in [2.45, 2.75) is 19.5 Å². The number of benzene rings is 2. The van der Waals surface area contributed by atoms with E-state index in [1.807, 2.05) is 0 Å². The van der Waals surface area contributed by atoms with Gasteiger partial charge in [-0.3, -0.25) is 0 Å². The third-order valence-electron chi connectivity index (χ3n) is 3.55. The van der Waals surface area contributed by atoms with Crippen LogP contribution in [0, 0.1) is 11.6 Å². The van der Waals surface area contributed by atoms with E-state index >= 15 is 0 Å². The fourth-order valence-electron chi connectivity index (χ4n) is 2.42. The molecule has 0 atom stereocenters. The first kappa shape index (κ1) is 15.3. The van der Waals surface area contributed by atoms with Crippen LogP contribution in [0.1, 0.15) is 19.5 Å². The number of nitrogens with two attached hydrogens (primary N) is 1. The lowest BCUT2D eigenvalue weighted by molar-refractivity contribution is 0.214. The van der Waals surface area contributed by atoms with E-state index in [1.165, 1.54) is 44.2 Å². The highest BCUT2D eigenvalue weighted by molar-refractivity contribution is 5.96. The molecule has 0 bridgehead atoms. The summed E-state index contributed by atoms with van der Waals surface area (Å²) in [6.07, 6.45) is 0. The van der Waals surface area contributed by atoms with Crippen molar-refractivity contribution in [3.8, 4) is 11.3 Å². The number of nitrogens with zero attached hydrogens (tertiary/aromatic N) is 2. The molecule has 3 rings (SSSR count). The summed E-state index contributed by atoms with van der Waals surface area (Å²) in [4.78, 5) is 8.00. The Kier molecular flexibility index (Phi) is 3.47. The summed E-state index contributed by atoms with van der Waals surface area (Å²) in [5.74, 6) is -1.17. The van der Waals surface area contributed by atoms with Crippen LogP contribution in [0.25, 0.3) is 22.0 Å². The molecule has 1 heterocycles. The molecule has 0 saturated heterocycles. The third-order valence-corrected chi connectivity index (χ3v) is 3.55. The highest BCUT2D eigenvalue weighted by atomic mass is 19.1. The Morgan fingerprint density at radius 3 is 2.39 bits per heavy atom. The normalized spacial score (nSPS) is 11.9. The van der Waals surface area contributed by atoms with Crippen LogP contribution in [0.3, 0.4) is 0 Å². The predicted molar refractivity (Wildman–Crippen MR) is 83.4 cm³/mol. The number of anilines is 1. The summed E-state index contributed by atoms with van der Waals surface area (Å²) in [6.45, 7) is 2.72. The molecular weight excluding hydrogens is 303 g/mol. The van der Waals surface area contributed by atoms with Gasteiger partial charge in [0, 0.05) is 10.9 Å². The molecule has 118 valence electrons. The minimum absolute atomic E-state index is 0.0807. The van der Waals surface area contributed by atoms with Crippen molar-refractivity contribution in [3.05, 3.63) is 53.7 Å². The second kappa shape index (κ2) is 5.22.